The fraction of sp³-hybridized carbons (Fsp3) is 0.588. The van der Waals surface area contributed by atoms with Gasteiger partial charge in [0.05, 0.1) is 0 Å². The number of carbonyl (C=O) groups excluding carboxylic acids is 1. The lowest BCUT2D eigenvalue weighted by atomic mass is 9.99. The molecule has 2 N–H and O–H groups in total. The zero-order chi connectivity index (χ0) is 16.2. The molecule has 0 aromatic heterocycles. The number of aliphatic hydroxyl groups excluding tert-OH is 1. The van der Waals surface area contributed by atoms with Gasteiger partial charge in [-0.05, 0) is 38.8 Å². The van der Waals surface area contributed by atoms with Crippen molar-refractivity contribution >= 4 is 6.09 Å². The van der Waals surface area contributed by atoms with Crippen LogP contribution in [-0.2, 0) is 11.2 Å². The van der Waals surface area contributed by atoms with Gasteiger partial charge in [0.1, 0.15) is 17.5 Å². The second kappa shape index (κ2) is 7.01. The number of nitrogens with one attached hydrogen (secondary N) is 1. The first-order chi connectivity index (χ1) is 10.4. The van der Waals surface area contributed by atoms with Gasteiger partial charge >= 0.3 is 6.09 Å². The van der Waals surface area contributed by atoms with Crippen LogP contribution in [0, 0.1) is 5.92 Å². The van der Waals surface area contributed by atoms with Crippen molar-refractivity contribution < 1.29 is 19.4 Å². The lowest BCUT2D eigenvalue weighted by Crippen LogP contribution is -2.37. The largest absolute Gasteiger partial charge is 0.490 e. The molecule has 2 atom stereocenters. The van der Waals surface area contributed by atoms with Gasteiger partial charge in [0.25, 0.3) is 0 Å². The highest BCUT2D eigenvalue weighted by molar-refractivity contribution is 5.67. The second-order valence-corrected chi connectivity index (χ2v) is 6.72. The van der Waals surface area contributed by atoms with E-state index < -0.39 is 11.7 Å². The molecular formula is C17H25NO4. The highest BCUT2D eigenvalue weighted by Gasteiger charge is 2.26. The Morgan fingerprint density at radius 1 is 1.45 bits per heavy atom. The molecule has 0 saturated carbocycles. The second-order valence-electron chi connectivity index (χ2n) is 6.72. The summed E-state index contributed by atoms with van der Waals surface area (Å²) in [5, 5.41) is 12.2. The van der Waals surface area contributed by atoms with Gasteiger partial charge in [0, 0.05) is 25.5 Å². The Morgan fingerprint density at radius 3 is 2.82 bits per heavy atom. The van der Waals surface area contributed by atoms with Crippen molar-refractivity contribution in [2.45, 2.75) is 45.3 Å². The highest BCUT2D eigenvalue weighted by atomic mass is 16.6. The summed E-state index contributed by atoms with van der Waals surface area (Å²) in [6.45, 7) is 5.84. The maximum atomic E-state index is 11.6. The van der Waals surface area contributed by atoms with Crippen LogP contribution in [0.4, 0.5) is 4.79 Å². The molecule has 5 heteroatoms. The van der Waals surface area contributed by atoms with E-state index in [1.807, 2.05) is 39.0 Å². The molecule has 0 fully saturated rings. The Morgan fingerprint density at radius 2 is 2.18 bits per heavy atom. The quantitative estimate of drug-likeness (QED) is 0.877. The van der Waals surface area contributed by atoms with Crippen LogP contribution >= 0.6 is 0 Å². The molecule has 2 rings (SSSR count). The maximum absolute atomic E-state index is 11.6. The summed E-state index contributed by atoms with van der Waals surface area (Å²) in [6.07, 6.45) is 1.14. The highest BCUT2D eigenvalue weighted by Crippen LogP contribution is 2.30. The van der Waals surface area contributed by atoms with Crippen molar-refractivity contribution in [2.75, 3.05) is 13.2 Å². The minimum absolute atomic E-state index is 0.00596. The third-order valence-corrected chi connectivity index (χ3v) is 3.50. The number of hydrogen-bond donors (Lipinski definition) is 2. The molecule has 1 amide bonds. The number of alkyl carbamates (subject to hydrolysis) is 1. The van der Waals surface area contributed by atoms with Crippen molar-refractivity contribution in [3.63, 3.8) is 0 Å². The van der Waals surface area contributed by atoms with E-state index in [1.54, 1.807) is 0 Å². The number of para-hydroxylation sites is 1. The number of fused-ring (bicyclic) bond motifs is 1. The first-order valence-corrected chi connectivity index (χ1v) is 7.69. The monoisotopic (exact) mass is 307 g/mol. The molecule has 22 heavy (non-hydrogen) atoms. The minimum Gasteiger partial charge on any atom is -0.490 e. The molecule has 1 aromatic carbocycles. The summed E-state index contributed by atoms with van der Waals surface area (Å²) >= 11 is 0. The lowest BCUT2D eigenvalue weighted by Gasteiger charge is -2.22. The van der Waals surface area contributed by atoms with E-state index in [-0.39, 0.29) is 18.6 Å². The number of amides is 1. The van der Waals surface area contributed by atoms with Gasteiger partial charge in [0.15, 0.2) is 0 Å². The fourth-order valence-corrected chi connectivity index (χ4v) is 2.52. The summed E-state index contributed by atoms with van der Waals surface area (Å²) < 4.78 is 11.1. The molecule has 2 unspecified atom stereocenters. The van der Waals surface area contributed by atoms with Crippen LogP contribution in [-0.4, -0.2) is 36.1 Å². The van der Waals surface area contributed by atoms with E-state index in [0.29, 0.717) is 13.0 Å². The Balaban J connectivity index is 1.78. The van der Waals surface area contributed by atoms with Crippen LogP contribution in [0.15, 0.2) is 24.3 Å². The standard InChI is InChI=1S/C17H25NO4/c1-17(2,3)22-16(20)18-10-12(11-19)8-14-9-13-6-4-5-7-15(13)21-14/h4-7,12,14,19H,8-11H2,1-3H3,(H,18,20). The topological polar surface area (TPSA) is 67.8 Å². The molecule has 5 nitrogen and oxygen atoms in total. The molecule has 122 valence electrons. The van der Waals surface area contributed by atoms with Crippen LogP contribution in [0.3, 0.4) is 0 Å². The smallest absolute Gasteiger partial charge is 0.407 e. The minimum atomic E-state index is -0.519. The normalized spacial score (nSPS) is 18.3. The Kier molecular flexibility index (Phi) is 5.29. The molecular weight excluding hydrogens is 282 g/mol. The first-order valence-electron chi connectivity index (χ1n) is 7.69. The lowest BCUT2D eigenvalue weighted by molar-refractivity contribution is 0.0503. The van der Waals surface area contributed by atoms with E-state index in [4.69, 9.17) is 9.47 Å². The summed E-state index contributed by atoms with van der Waals surface area (Å²) in [5.74, 6) is 0.871. The predicted octanol–water partition coefficient (Wildman–Crippen LogP) is 2.51. The summed E-state index contributed by atoms with van der Waals surface area (Å²) in [4.78, 5) is 11.6. The van der Waals surface area contributed by atoms with E-state index >= 15 is 0 Å². The Labute approximate surface area is 131 Å². The van der Waals surface area contributed by atoms with Gasteiger partial charge in [-0.3, -0.25) is 0 Å². The fourth-order valence-electron chi connectivity index (χ4n) is 2.52. The molecule has 0 aliphatic carbocycles. The molecule has 0 saturated heterocycles. The van der Waals surface area contributed by atoms with Crippen LogP contribution in [0.5, 0.6) is 5.75 Å². The van der Waals surface area contributed by atoms with Crippen molar-refractivity contribution in [2.24, 2.45) is 5.92 Å². The van der Waals surface area contributed by atoms with E-state index in [2.05, 4.69) is 11.4 Å². The van der Waals surface area contributed by atoms with E-state index in [0.717, 1.165) is 12.2 Å². The summed E-state index contributed by atoms with van der Waals surface area (Å²) in [5.41, 5.74) is 0.680. The van der Waals surface area contributed by atoms with Gasteiger partial charge < -0.3 is 19.9 Å². The first kappa shape index (κ1) is 16.6. The molecule has 1 aliphatic heterocycles. The zero-order valence-electron chi connectivity index (χ0n) is 13.5. The molecule has 1 aromatic rings. The number of benzene rings is 1. The van der Waals surface area contributed by atoms with Gasteiger partial charge in [-0.25, -0.2) is 4.79 Å². The van der Waals surface area contributed by atoms with Gasteiger partial charge in [-0.2, -0.15) is 0 Å². The summed E-state index contributed by atoms with van der Waals surface area (Å²) in [7, 11) is 0. The Hall–Kier alpha value is -1.75. The zero-order valence-corrected chi connectivity index (χ0v) is 13.5. The van der Waals surface area contributed by atoms with E-state index in [1.165, 1.54) is 5.56 Å². The average Bonchev–Trinajstić information content (AvgIpc) is 2.83. The maximum Gasteiger partial charge on any atom is 0.407 e. The molecule has 1 heterocycles. The van der Waals surface area contributed by atoms with Gasteiger partial charge in [0.2, 0.25) is 0 Å². The van der Waals surface area contributed by atoms with Crippen LogP contribution in [0.2, 0.25) is 0 Å². The van der Waals surface area contributed by atoms with Crippen molar-refractivity contribution in [3.05, 3.63) is 29.8 Å². The average molecular weight is 307 g/mol. The van der Waals surface area contributed by atoms with Crippen molar-refractivity contribution in [1.29, 1.82) is 0 Å². The number of ether oxygens (including phenoxy) is 2. The van der Waals surface area contributed by atoms with Crippen LogP contribution < -0.4 is 10.1 Å². The van der Waals surface area contributed by atoms with E-state index in [9.17, 15) is 9.90 Å². The molecule has 1 aliphatic rings. The number of hydrogen-bond acceptors (Lipinski definition) is 4. The van der Waals surface area contributed by atoms with Gasteiger partial charge in [-0.15, -0.1) is 0 Å². The Bertz CT molecular complexity index is 485. The predicted molar refractivity (Wildman–Crippen MR) is 84.0 cm³/mol. The molecule has 0 radical (unpaired) electrons. The van der Waals surface area contributed by atoms with Crippen molar-refractivity contribution in [3.8, 4) is 5.75 Å². The SMILES string of the molecule is CC(C)(C)OC(=O)NCC(CO)CC1Cc2ccccc2O1. The third kappa shape index (κ3) is 4.91. The number of carbonyl (C=O) groups is 1. The summed E-state index contributed by atoms with van der Waals surface area (Å²) in [6, 6.07) is 7.97. The van der Waals surface area contributed by atoms with Gasteiger partial charge in [-0.1, -0.05) is 18.2 Å². The van der Waals surface area contributed by atoms with Crippen LogP contribution in [0.1, 0.15) is 32.8 Å². The molecule has 0 spiro atoms. The van der Waals surface area contributed by atoms with Crippen molar-refractivity contribution in [1.82, 2.24) is 5.32 Å². The number of rotatable bonds is 5. The number of aliphatic hydroxyl groups is 1. The third-order valence-electron chi connectivity index (χ3n) is 3.50. The van der Waals surface area contributed by atoms with Crippen LogP contribution in [0.25, 0.3) is 0 Å². The molecule has 0 bridgehead atoms.